The van der Waals surface area contributed by atoms with Gasteiger partial charge in [0, 0.05) is 38.3 Å². The topological polar surface area (TPSA) is 88.9 Å². The van der Waals surface area contributed by atoms with Crippen molar-refractivity contribution in [2.24, 2.45) is 0 Å². The first kappa shape index (κ1) is 22.5. The van der Waals surface area contributed by atoms with Crippen LogP contribution in [-0.2, 0) is 16.6 Å². The second-order valence-corrected chi connectivity index (χ2v) is 10.3. The molecule has 1 fully saturated rings. The maximum Gasteiger partial charge on any atom is 0.308 e. The summed E-state index contributed by atoms with van der Waals surface area (Å²) < 4.78 is 35.4. The smallest absolute Gasteiger partial charge is 0.308 e. The Morgan fingerprint density at radius 1 is 1.03 bits per heavy atom. The van der Waals surface area contributed by atoms with E-state index < -0.39 is 10.0 Å². The molecular weight excluding hydrogens is 450 g/mol. The van der Waals surface area contributed by atoms with Crippen molar-refractivity contribution in [3.63, 3.8) is 0 Å². The van der Waals surface area contributed by atoms with Crippen LogP contribution < -0.4 is 9.61 Å². The van der Waals surface area contributed by atoms with Crippen LogP contribution in [0.1, 0.15) is 24.2 Å². The first-order chi connectivity index (χ1) is 15.3. The van der Waals surface area contributed by atoms with E-state index >= 15 is 0 Å². The number of carbonyl (C=O) groups excluding carboxylic acids is 1. The number of carbonyl (C=O) groups is 1. The number of sulfonamides is 1. The van der Waals surface area contributed by atoms with Crippen LogP contribution in [0.25, 0.3) is 10.2 Å². The van der Waals surface area contributed by atoms with Gasteiger partial charge in [0.1, 0.15) is 5.75 Å². The average molecular weight is 476 g/mol. The van der Waals surface area contributed by atoms with Gasteiger partial charge in [0.15, 0.2) is 0 Å². The summed E-state index contributed by atoms with van der Waals surface area (Å²) in [5, 5.41) is 0. The molecule has 0 saturated carbocycles. The van der Waals surface area contributed by atoms with Gasteiger partial charge in [-0.05, 0) is 56.3 Å². The second-order valence-electron chi connectivity index (χ2n) is 7.40. The highest BCUT2D eigenvalue weighted by molar-refractivity contribution is 7.89. The summed E-state index contributed by atoms with van der Waals surface area (Å²) in [6.07, 6.45) is 0. The van der Waals surface area contributed by atoms with Crippen LogP contribution in [0, 0.1) is 0 Å². The van der Waals surface area contributed by atoms with E-state index in [4.69, 9.17) is 4.74 Å². The quantitative estimate of drug-likeness (QED) is 0.547. The average Bonchev–Trinajstić information content (AvgIpc) is 3.13. The Bertz CT molecular complexity index is 1290. The predicted octanol–water partition coefficient (Wildman–Crippen LogP) is 2.63. The molecule has 1 aliphatic rings. The summed E-state index contributed by atoms with van der Waals surface area (Å²) in [6.45, 7) is 5.93. The zero-order valence-corrected chi connectivity index (χ0v) is 19.6. The number of hydrogen-bond donors (Lipinski definition) is 0. The Labute approximate surface area is 190 Å². The Hall–Kier alpha value is -2.69. The van der Waals surface area contributed by atoms with Crippen molar-refractivity contribution < 1.29 is 17.9 Å². The van der Waals surface area contributed by atoms with E-state index in [0.717, 1.165) is 16.9 Å². The van der Waals surface area contributed by atoms with E-state index in [1.54, 1.807) is 51.9 Å². The molecule has 3 aromatic rings. The third kappa shape index (κ3) is 4.17. The first-order valence-electron chi connectivity index (χ1n) is 10.5. The van der Waals surface area contributed by atoms with Gasteiger partial charge in [0.25, 0.3) is 5.91 Å². The zero-order chi connectivity index (χ0) is 22.9. The van der Waals surface area contributed by atoms with Crippen LogP contribution in [-0.4, -0.2) is 60.9 Å². The van der Waals surface area contributed by atoms with Gasteiger partial charge >= 0.3 is 4.87 Å². The van der Waals surface area contributed by atoms with Gasteiger partial charge in [0.2, 0.25) is 10.0 Å². The van der Waals surface area contributed by atoms with Crippen LogP contribution >= 0.6 is 11.3 Å². The summed E-state index contributed by atoms with van der Waals surface area (Å²) in [7, 11) is -3.72. The zero-order valence-electron chi connectivity index (χ0n) is 18.0. The molecule has 1 aliphatic heterocycles. The molecule has 0 atom stereocenters. The van der Waals surface area contributed by atoms with Crippen LogP contribution in [0.5, 0.6) is 5.75 Å². The Morgan fingerprint density at radius 2 is 1.72 bits per heavy atom. The molecule has 0 bridgehead atoms. The van der Waals surface area contributed by atoms with Crippen molar-refractivity contribution >= 4 is 37.5 Å². The molecule has 8 nitrogen and oxygen atoms in total. The van der Waals surface area contributed by atoms with E-state index in [2.05, 4.69) is 0 Å². The molecule has 0 unspecified atom stereocenters. The van der Waals surface area contributed by atoms with E-state index in [9.17, 15) is 18.0 Å². The third-order valence-electron chi connectivity index (χ3n) is 5.53. The van der Waals surface area contributed by atoms with Gasteiger partial charge in [-0.15, -0.1) is 0 Å². The van der Waals surface area contributed by atoms with Crippen LogP contribution in [0.2, 0.25) is 0 Å². The van der Waals surface area contributed by atoms with Crippen molar-refractivity contribution in [1.29, 1.82) is 0 Å². The molecule has 0 N–H and O–H groups in total. The number of aromatic nitrogens is 1. The largest absolute Gasteiger partial charge is 0.494 e. The van der Waals surface area contributed by atoms with Gasteiger partial charge < -0.3 is 9.64 Å². The standard InChI is InChI=1S/C22H25N3O5S2/c1-3-25-19-10-9-18(15-20(19)31-22(25)27)32(28,29)24-13-11-23(12-14-24)21(26)16-5-7-17(8-6-16)30-4-2/h5-10,15H,3-4,11-14H2,1-2H3. The normalized spacial score (nSPS) is 15.2. The predicted molar refractivity (Wildman–Crippen MR) is 124 cm³/mol. The highest BCUT2D eigenvalue weighted by atomic mass is 32.2. The van der Waals surface area contributed by atoms with Crippen molar-refractivity contribution in [2.75, 3.05) is 32.8 Å². The molecule has 1 aromatic heterocycles. The first-order valence-corrected chi connectivity index (χ1v) is 12.8. The maximum absolute atomic E-state index is 13.2. The SMILES string of the molecule is CCOc1ccc(C(=O)N2CCN(S(=O)(=O)c3ccc4c(c3)sc(=O)n4CC)CC2)cc1. The molecule has 0 spiro atoms. The number of piperazine rings is 1. The Kier molecular flexibility index (Phi) is 6.36. The van der Waals surface area contributed by atoms with Gasteiger partial charge in [-0.2, -0.15) is 4.31 Å². The molecule has 0 aliphatic carbocycles. The summed E-state index contributed by atoms with van der Waals surface area (Å²) in [4.78, 5) is 26.6. The minimum Gasteiger partial charge on any atom is -0.494 e. The number of amides is 1. The summed E-state index contributed by atoms with van der Waals surface area (Å²) in [5.41, 5.74) is 1.29. The number of benzene rings is 2. The van der Waals surface area contributed by atoms with Crippen molar-refractivity contribution in [2.45, 2.75) is 25.3 Å². The number of aryl methyl sites for hydroxylation is 1. The monoisotopic (exact) mass is 475 g/mol. The van der Waals surface area contributed by atoms with Gasteiger partial charge in [-0.3, -0.25) is 14.2 Å². The molecule has 2 heterocycles. The minimum atomic E-state index is -3.72. The number of thiazole rings is 1. The molecule has 0 radical (unpaired) electrons. The van der Waals surface area contributed by atoms with E-state index in [0.29, 0.717) is 42.3 Å². The lowest BCUT2D eigenvalue weighted by Crippen LogP contribution is -2.50. The van der Waals surface area contributed by atoms with Gasteiger partial charge in [-0.1, -0.05) is 11.3 Å². The second kappa shape index (κ2) is 9.05. The highest BCUT2D eigenvalue weighted by Gasteiger charge is 2.31. The van der Waals surface area contributed by atoms with Gasteiger partial charge in [-0.25, -0.2) is 8.42 Å². The number of rotatable bonds is 6. The molecule has 4 rings (SSSR count). The number of fused-ring (bicyclic) bond motifs is 1. The third-order valence-corrected chi connectivity index (χ3v) is 8.37. The summed E-state index contributed by atoms with van der Waals surface area (Å²) >= 11 is 1.05. The van der Waals surface area contributed by atoms with E-state index in [-0.39, 0.29) is 28.8 Å². The summed E-state index contributed by atoms with van der Waals surface area (Å²) in [6, 6.07) is 11.8. The van der Waals surface area contributed by atoms with Crippen molar-refractivity contribution in [3.05, 3.63) is 57.7 Å². The fraction of sp³-hybridized carbons (Fsp3) is 0.364. The molecule has 32 heavy (non-hydrogen) atoms. The molecule has 170 valence electrons. The fourth-order valence-electron chi connectivity index (χ4n) is 3.83. The lowest BCUT2D eigenvalue weighted by atomic mass is 10.2. The lowest BCUT2D eigenvalue weighted by molar-refractivity contribution is 0.0698. The molecular formula is C22H25N3O5S2. The molecule has 1 saturated heterocycles. The van der Waals surface area contributed by atoms with Crippen molar-refractivity contribution in [3.8, 4) is 5.75 Å². The van der Waals surface area contributed by atoms with E-state index in [1.807, 2.05) is 13.8 Å². The van der Waals surface area contributed by atoms with Crippen LogP contribution in [0.4, 0.5) is 0 Å². The number of ether oxygens (including phenoxy) is 1. The number of hydrogen-bond acceptors (Lipinski definition) is 6. The van der Waals surface area contributed by atoms with Crippen LogP contribution in [0.15, 0.2) is 52.2 Å². The Balaban J connectivity index is 1.46. The van der Waals surface area contributed by atoms with Crippen molar-refractivity contribution in [1.82, 2.24) is 13.8 Å². The van der Waals surface area contributed by atoms with Crippen LogP contribution in [0.3, 0.4) is 0 Å². The molecule has 1 amide bonds. The maximum atomic E-state index is 13.2. The van der Waals surface area contributed by atoms with Gasteiger partial charge in [0.05, 0.1) is 21.7 Å². The molecule has 10 heteroatoms. The summed E-state index contributed by atoms with van der Waals surface area (Å²) in [5.74, 6) is 0.577. The Morgan fingerprint density at radius 3 is 2.34 bits per heavy atom. The lowest BCUT2D eigenvalue weighted by Gasteiger charge is -2.34. The highest BCUT2D eigenvalue weighted by Crippen LogP contribution is 2.25. The minimum absolute atomic E-state index is 0.0986. The number of nitrogens with zero attached hydrogens (tertiary/aromatic N) is 3. The fourth-order valence-corrected chi connectivity index (χ4v) is 6.35. The van der Waals surface area contributed by atoms with E-state index in [1.165, 1.54) is 4.31 Å². The molecule has 2 aromatic carbocycles.